The second-order valence-electron chi connectivity index (χ2n) is 10.9. The molecule has 8 heteroatoms. The highest BCUT2D eigenvalue weighted by Crippen LogP contribution is 2.29. The molecule has 1 aliphatic carbocycles. The Morgan fingerprint density at radius 1 is 0.923 bits per heavy atom. The number of nitrogens with zero attached hydrogens (tertiary/aromatic N) is 3. The minimum atomic E-state index is -0.0871. The number of carbonyl (C=O) groups excluding carboxylic acids is 1. The van der Waals surface area contributed by atoms with Gasteiger partial charge in [0, 0.05) is 36.7 Å². The first-order valence-electron chi connectivity index (χ1n) is 14.1. The molecule has 2 fully saturated rings. The maximum Gasteiger partial charge on any atom is 0.326 e. The van der Waals surface area contributed by atoms with Crippen molar-refractivity contribution in [1.82, 2.24) is 19.4 Å². The van der Waals surface area contributed by atoms with E-state index in [-0.39, 0.29) is 17.6 Å². The number of furan rings is 1. The molecule has 1 amide bonds. The van der Waals surface area contributed by atoms with E-state index in [9.17, 15) is 9.59 Å². The number of carbonyl (C=O) groups is 1. The van der Waals surface area contributed by atoms with Gasteiger partial charge in [-0.2, -0.15) is 0 Å². The van der Waals surface area contributed by atoms with Crippen LogP contribution in [0.15, 0.2) is 69.9 Å². The van der Waals surface area contributed by atoms with Gasteiger partial charge in [0.2, 0.25) is 0 Å². The van der Waals surface area contributed by atoms with Crippen molar-refractivity contribution in [2.24, 2.45) is 0 Å². The first-order chi connectivity index (χ1) is 19.1. The minimum absolute atomic E-state index is 0.0683. The zero-order chi connectivity index (χ0) is 26.8. The van der Waals surface area contributed by atoms with E-state index >= 15 is 0 Å². The summed E-state index contributed by atoms with van der Waals surface area (Å²) in [5.74, 6) is 1.10. The molecule has 1 saturated carbocycles. The van der Waals surface area contributed by atoms with E-state index in [1.807, 2.05) is 64.1 Å². The molecule has 204 valence electrons. The molecule has 39 heavy (non-hydrogen) atoms. The highest BCUT2D eigenvalue weighted by atomic mass is 35.5. The SMILES string of the molecule is O=C(c1ccc(CN(Cc2ccccc2Cl)C2CCCCC2)o1)N1CCC(n2c(=O)[nH]c3ccccc32)CC1. The number of likely N-dealkylation sites (tertiary alicyclic amines) is 1. The standard InChI is InChI=1S/C31H35ClN4O3/c32-26-11-5-4-8-22(26)20-35(23-9-2-1-3-10-23)21-25-14-15-29(39-25)30(37)34-18-16-24(17-19-34)36-28-13-7-6-12-27(28)33-31(36)38/h4-8,11-15,23-24H,1-3,9-10,16-21H2,(H,33,38). The van der Waals surface area contributed by atoms with E-state index in [2.05, 4.69) is 16.0 Å². The molecule has 2 aromatic heterocycles. The molecule has 0 unspecified atom stereocenters. The summed E-state index contributed by atoms with van der Waals surface area (Å²) in [6, 6.07) is 20.1. The van der Waals surface area contributed by atoms with Crippen LogP contribution < -0.4 is 5.69 Å². The van der Waals surface area contributed by atoms with Gasteiger partial charge in [-0.25, -0.2) is 4.79 Å². The lowest BCUT2D eigenvalue weighted by Crippen LogP contribution is -2.40. The summed E-state index contributed by atoms with van der Waals surface area (Å²) in [7, 11) is 0. The monoisotopic (exact) mass is 546 g/mol. The molecule has 0 bridgehead atoms. The first kappa shape index (κ1) is 26.0. The highest BCUT2D eigenvalue weighted by Gasteiger charge is 2.29. The normalized spacial score (nSPS) is 17.3. The summed E-state index contributed by atoms with van der Waals surface area (Å²) in [5.41, 5.74) is 2.80. The Bertz CT molecular complexity index is 1490. The summed E-state index contributed by atoms with van der Waals surface area (Å²) in [6.07, 6.45) is 7.58. The molecule has 2 aliphatic rings. The lowest BCUT2D eigenvalue weighted by molar-refractivity contribution is 0.0656. The quantitative estimate of drug-likeness (QED) is 0.291. The van der Waals surface area contributed by atoms with Gasteiger partial charge >= 0.3 is 5.69 Å². The zero-order valence-corrected chi connectivity index (χ0v) is 22.9. The van der Waals surface area contributed by atoms with Crippen LogP contribution >= 0.6 is 11.6 Å². The van der Waals surface area contributed by atoms with Crippen molar-refractivity contribution in [3.8, 4) is 0 Å². The lowest BCUT2D eigenvalue weighted by atomic mass is 9.93. The second kappa shape index (κ2) is 11.4. The summed E-state index contributed by atoms with van der Waals surface area (Å²) in [6.45, 7) is 2.59. The summed E-state index contributed by atoms with van der Waals surface area (Å²) >= 11 is 6.50. The van der Waals surface area contributed by atoms with Crippen molar-refractivity contribution in [3.63, 3.8) is 0 Å². The lowest BCUT2D eigenvalue weighted by Gasteiger charge is -2.34. The van der Waals surface area contributed by atoms with Crippen molar-refractivity contribution in [1.29, 1.82) is 0 Å². The predicted octanol–water partition coefficient (Wildman–Crippen LogP) is 6.39. The number of rotatable bonds is 7. The largest absolute Gasteiger partial charge is 0.455 e. The van der Waals surface area contributed by atoms with Crippen LogP contribution in [0.25, 0.3) is 11.0 Å². The number of benzene rings is 2. The fourth-order valence-corrected chi connectivity index (χ4v) is 6.50. The molecule has 6 rings (SSSR count). The number of H-pyrrole nitrogens is 1. The third-order valence-electron chi connectivity index (χ3n) is 8.39. The minimum Gasteiger partial charge on any atom is -0.455 e. The Hall–Kier alpha value is -3.29. The van der Waals surface area contributed by atoms with Gasteiger partial charge in [0.25, 0.3) is 5.91 Å². The molecule has 1 aliphatic heterocycles. The van der Waals surface area contributed by atoms with Crippen LogP contribution in [0, 0.1) is 0 Å². The summed E-state index contributed by atoms with van der Waals surface area (Å²) in [5, 5.41) is 0.784. The van der Waals surface area contributed by atoms with Crippen LogP contribution in [0.4, 0.5) is 0 Å². The van der Waals surface area contributed by atoms with E-state index in [1.54, 1.807) is 0 Å². The van der Waals surface area contributed by atoms with Gasteiger partial charge < -0.3 is 14.3 Å². The Morgan fingerprint density at radius 3 is 2.46 bits per heavy atom. The predicted molar refractivity (Wildman–Crippen MR) is 153 cm³/mol. The molecule has 3 heterocycles. The van der Waals surface area contributed by atoms with E-state index in [0.29, 0.717) is 31.4 Å². The van der Waals surface area contributed by atoms with Crippen LogP contribution in [0.5, 0.6) is 0 Å². The number of hydrogen-bond donors (Lipinski definition) is 1. The second-order valence-corrected chi connectivity index (χ2v) is 11.3. The van der Waals surface area contributed by atoms with Gasteiger partial charge in [0.05, 0.1) is 17.6 Å². The van der Waals surface area contributed by atoms with Gasteiger partial charge in [-0.15, -0.1) is 0 Å². The fraction of sp³-hybridized carbons (Fsp3) is 0.419. The molecule has 0 atom stereocenters. The van der Waals surface area contributed by atoms with Crippen molar-refractivity contribution in [2.45, 2.75) is 70.1 Å². The first-order valence-corrected chi connectivity index (χ1v) is 14.5. The molecular formula is C31H35ClN4O3. The number of imidazole rings is 1. The number of halogens is 1. The third kappa shape index (κ3) is 5.56. The van der Waals surface area contributed by atoms with E-state index < -0.39 is 0 Å². The number of hydrogen-bond acceptors (Lipinski definition) is 4. The van der Waals surface area contributed by atoms with Crippen molar-refractivity contribution < 1.29 is 9.21 Å². The molecule has 4 aromatic rings. The molecule has 1 N–H and O–H groups in total. The maximum atomic E-state index is 13.3. The summed E-state index contributed by atoms with van der Waals surface area (Å²) in [4.78, 5) is 33.2. The summed E-state index contributed by atoms with van der Waals surface area (Å²) < 4.78 is 7.99. The number of amides is 1. The molecular weight excluding hydrogens is 512 g/mol. The number of aromatic amines is 1. The average molecular weight is 547 g/mol. The van der Waals surface area contributed by atoms with E-state index in [4.69, 9.17) is 16.0 Å². The van der Waals surface area contributed by atoms with Gasteiger partial charge in [0.1, 0.15) is 5.76 Å². The third-order valence-corrected chi connectivity index (χ3v) is 8.76. The van der Waals surface area contributed by atoms with Crippen LogP contribution in [0.2, 0.25) is 5.02 Å². The van der Waals surface area contributed by atoms with Crippen LogP contribution in [0.3, 0.4) is 0 Å². The molecule has 2 aromatic carbocycles. The molecule has 7 nitrogen and oxygen atoms in total. The number of para-hydroxylation sites is 2. The smallest absolute Gasteiger partial charge is 0.326 e. The van der Waals surface area contributed by atoms with E-state index in [1.165, 1.54) is 32.1 Å². The Kier molecular flexibility index (Phi) is 7.62. The highest BCUT2D eigenvalue weighted by molar-refractivity contribution is 6.31. The topological polar surface area (TPSA) is 74.5 Å². The number of aromatic nitrogens is 2. The Balaban J connectivity index is 1.12. The molecule has 1 saturated heterocycles. The van der Waals surface area contributed by atoms with Gasteiger partial charge in [-0.05, 0) is 61.6 Å². The number of nitrogens with one attached hydrogen (secondary N) is 1. The van der Waals surface area contributed by atoms with Crippen LogP contribution in [-0.4, -0.2) is 44.4 Å². The van der Waals surface area contributed by atoms with E-state index in [0.717, 1.165) is 46.8 Å². The van der Waals surface area contributed by atoms with Crippen molar-refractivity contribution in [3.05, 3.63) is 93.3 Å². The van der Waals surface area contributed by atoms with Crippen molar-refractivity contribution >= 4 is 28.5 Å². The van der Waals surface area contributed by atoms with Gasteiger partial charge in [-0.1, -0.05) is 61.2 Å². The van der Waals surface area contributed by atoms with Gasteiger partial charge in [-0.3, -0.25) is 14.3 Å². The van der Waals surface area contributed by atoms with Crippen LogP contribution in [0.1, 0.15) is 72.9 Å². The van der Waals surface area contributed by atoms with Crippen molar-refractivity contribution in [2.75, 3.05) is 13.1 Å². The fourth-order valence-electron chi connectivity index (χ4n) is 6.30. The van der Waals surface area contributed by atoms with Crippen LogP contribution in [-0.2, 0) is 13.1 Å². The molecule has 0 radical (unpaired) electrons. The maximum absolute atomic E-state index is 13.3. The Labute approximate surface area is 233 Å². The average Bonchev–Trinajstić information content (AvgIpc) is 3.57. The number of fused-ring (bicyclic) bond motifs is 1. The molecule has 0 spiro atoms. The number of piperidine rings is 1. The zero-order valence-electron chi connectivity index (χ0n) is 22.2. The Morgan fingerprint density at radius 2 is 1.67 bits per heavy atom. The van der Waals surface area contributed by atoms with Gasteiger partial charge in [0.15, 0.2) is 5.76 Å².